The minimum atomic E-state index is 0. The molecule has 2 nitrogen and oxygen atoms in total. The molecule has 0 bridgehead atoms. The molecule has 1 aromatic carbocycles. The Morgan fingerprint density at radius 2 is 1.75 bits per heavy atom. The van der Waals surface area contributed by atoms with Crippen LogP contribution in [0.25, 0.3) is 0 Å². The molecule has 1 N–H and O–H groups in total. The quantitative estimate of drug-likeness (QED) is 0.744. The van der Waals surface area contributed by atoms with Crippen molar-refractivity contribution < 1.29 is 4.74 Å². The first-order valence-electron chi connectivity index (χ1n) is 5.64. The smallest absolute Gasteiger partial charge is 0.0474 e. The summed E-state index contributed by atoms with van der Waals surface area (Å²) in [6.45, 7) is 4.98. The molecule has 0 saturated carbocycles. The number of halogens is 1. The van der Waals surface area contributed by atoms with E-state index in [9.17, 15) is 0 Å². The van der Waals surface area contributed by atoms with Crippen molar-refractivity contribution in [1.29, 1.82) is 0 Å². The molecule has 0 unspecified atom stereocenters. The summed E-state index contributed by atoms with van der Waals surface area (Å²) in [5, 5.41) is 3.39. The van der Waals surface area contributed by atoms with Crippen LogP contribution in [0.1, 0.15) is 24.5 Å². The third-order valence-electron chi connectivity index (χ3n) is 2.46. The third-order valence-corrected chi connectivity index (χ3v) is 2.46. The maximum Gasteiger partial charge on any atom is 0.0474 e. The topological polar surface area (TPSA) is 21.3 Å². The molecule has 0 aliphatic carbocycles. The molecule has 16 heavy (non-hydrogen) atoms. The van der Waals surface area contributed by atoms with Gasteiger partial charge in [0, 0.05) is 20.3 Å². The fraction of sp³-hybridized carbons (Fsp3) is 0.538. The fourth-order valence-electron chi connectivity index (χ4n) is 1.47. The van der Waals surface area contributed by atoms with Gasteiger partial charge in [0.25, 0.3) is 0 Å². The van der Waals surface area contributed by atoms with Crippen LogP contribution in [0.4, 0.5) is 0 Å². The molecule has 1 rings (SSSR count). The molecule has 0 aliphatic heterocycles. The predicted octanol–water partition coefficient (Wildman–Crippen LogP) is 2.80. The lowest BCUT2D eigenvalue weighted by Crippen LogP contribution is -2.16. The molecule has 0 amide bonds. The SMILES string of the molecule is CCc1ccc(CNCCCOC)cc1.Cl. The summed E-state index contributed by atoms with van der Waals surface area (Å²) < 4.78 is 4.98. The van der Waals surface area contributed by atoms with Crippen LogP contribution in [-0.4, -0.2) is 20.3 Å². The minimum absolute atomic E-state index is 0. The van der Waals surface area contributed by atoms with Gasteiger partial charge in [0.1, 0.15) is 0 Å². The standard InChI is InChI=1S/C13H21NO.ClH/c1-3-12-5-7-13(8-6-12)11-14-9-4-10-15-2;/h5-8,14H,3-4,9-11H2,1-2H3;1H. The Labute approximate surface area is 105 Å². The average Bonchev–Trinajstić information content (AvgIpc) is 2.30. The largest absolute Gasteiger partial charge is 0.385 e. The summed E-state index contributed by atoms with van der Waals surface area (Å²) in [4.78, 5) is 0. The van der Waals surface area contributed by atoms with Gasteiger partial charge in [-0.3, -0.25) is 0 Å². The van der Waals surface area contributed by atoms with Gasteiger partial charge in [-0.15, -0.1) is 12.4 Å². The van der Waals surface area contributed by atoms with E-state index in [1.807, 2.05) is 0 Å². The number of rotatable bonds is 7. The predicted molar refractivity (Wildman–Crippen MR) is 71.3 cm³/mol. The lowest BCUT2D eigenvalue weighted by atomic mass is 10.1. The molecule has 0 atom stereocenters. The molecule has 0 spiro atoms. The Balaban J connectivity index is 0.00000225. The number of methoxy groups -OCH3 is 1. The van der Waals surface area contributed by atoms with Crippen molar-refractivity contribution in [3.05, 3.63) is 35.4 Å². The second-order valence-electron chi connectivity index (χ2n) is 3.69. The number of benzene rings is 1. The molecule has 0 aromatic heterocycles. The lowest BCUT2D eigenvalue weighted by molar-refractivity contribution is 0.194. The van der Waals surface area contributed by atoms with Crippen molar-refractivity contribution in [2.75, 3.05) is 20.3 Å². The van der Waals surface area contributed by atoms with E-state index in [2.05, 4.69) is 36.5 Å². The van der Waals surface area contributed by atoms with E-state index in [0.29, 0.717) is 0 Å². The second kappa shape index (κ2) is 9.64. The fourth-order valence-corrected chi connectivity index (χ4v) is 1.47. The minimum Gasteiger partial charge on any atom is -0.385 e. The summed E-state index contributed by atoms with van der Waals surface area (Å²) in [6, 6.07) is 8.79. The van der Waals surface area contributed by atoms with Gasteiger partial charge in [-0.05, 0) is 30.5 Å². The van der Waals surface area contributed by atoms with Crippen molar-refractivity contribution in [2.24, 2.45) is 0 Å². The number of ether oxygens (including phenoxy) is 1. The zero-order valence-corrected chi connectivity index (χ0v) is 11.0. The summed E-state index contributed by atoms with van der Waals surface area (Å²) in [7, 11) is 1.74. The lowest BCUT2D eigenvalue weighted by Gasteiger charge is -2.05. The molecular formula is C13H22ClNO. The van der Waals surface area contributed by atoms with E-state index in [-0.39, 0.29) is 12.4 Å². The van der Waals surface area contributed by atoms with Crippen LogP contribution in [0.5, 0.6) is 0 Å². The Kier molecular flexibility index (Phi) is 9.30. The zero-order chi connectivity index (χ0) is 10.9. The van der Waals surface area contributed by atoms with Crippen LogP contribution in [0.3, 0.4) is 0 Å². The van der Waals surface area contributed by atoms with Gasteiger partial charge in [0.2, 0.25) is 0 Å². The van der Waals surface area contributed by atoms with Crippen LogP contribution in [-0.2, 0) is 17.7 Å². The van der Waals surface area contributed by atoms with Crippen molar-refractivity contribution >= 4 is 12.4 Å². The van der Waals surface area contributed by atoms with E-state index < -0.39 is 0 Å². The zero-order valence-electron chi connectivity index (χ0n) is 10.2. The number of nitrogens with one attached hydrogen (secondary N) is 1. The Morgan fingerprint density at radius 3 is 2.31 bits per heavy atom. The van der Waals surface area contributed by atoms with Crippen molar-refractivity contribution in [3.63, 3.8) is 0 Å². The maximum absolute atomic E-state index is 4.98. The summed E-state index contributed by atoms with van der Waals surface area (Å²) in [5.74, 6) is 0. The second-order valence-corrected chi connectivity index (χ2v) is 3.69. The van der Waals surface area contributed by atoms with Crippen molar-refractivity contribution in [1.82, 2.24) is 5.32 Å². The van der Waals surface area contributed by atoms with Gasteiger partial charge in [0.05, 0.1) is 0 Å². The van der Waals surface area contributed by atoms with Gasteiger partial charge in [-0.1, -0.05) is 31.2 Å². The van der Waals surface area contributed by atoms with Gasteiger partial charge < -0.3 is 10.1 Å². The van der Waals surface area contributed by atoms with Crippen LogP contribution in [0.2, 0.25) is 0 Å². The molecule has 0 aliphatic rings. The molecule has 0 saturated heterocycles. The monoisotopic (exact) mass is 243 g/mol. The Hall–Kier alpha value is -0.570. The van der Waals surface area contributed by atoms with E-state index in [0.717, 1.165) is 32.5 Å². The molecule has 92 valence electrons. The number of hydrogen-bond acceptors (Lipinski definition) is 2. The Bertz CT molecular complexity index is 261. The number of hydrogen-bond donors (Lipinski definition) is 1. The van der Waals surface area contributed by atoms with E-state index in [1.165, 1.54) is 11.1 Å². The van der Waals surface area contributed by atoms with Gasteiger partial charge in [0.15, 0.2) is 0 Å². The van der Waals surface area contributed by atoms with Crippen LogP contribution < -0.4 is 5.32 Å². The highest BCUT2D eigenvalue weighted by Crippen LogP contribution is 2.04. The molecular weight excluding hydrogens is 222 g/mol. The van der Waals surface area contributed by atoms with E-state index >= 15 is 0 Å². The van der Waals surface area contributed by atoms with Gasteiger partial charge in [-0.2, -0.15) is 0 Å². The highest BCUT2D eigenvalue weighted by Gasteiger charge is 1.93. The Morgan fingerprint density at radius 1 is 1.12 bits per heavy atom. The molecule has 0 radical (unpaired) electrons. The first-order chi connectivity index (χ1) is 7.36. The van der Waals surface area contributed by atoms with Gasteiger partial charge in [-0.25, -0.2) is 0 Å². The summed E-state index contributed by atoms with van der Waals surface area (Å²) >= 11 is 0. The first-order valence-corrected chi connectivity index (χ1v) is 5.64. The third kappa shape index (κ3) is 6.11. The van der Waals surface area contributed by atoms with Crippen LogP contribution in [0, 0.1) is 0 Å². The highest BCUT2D eigenvalue weighted by molar-refractivity contribution is 5.85. The van der Waals surface area contributed by atoms with Crippen LogP contribution in [0.15, 0.2) is 24.3 Å². The molecule has 0 heterocycles. The summed E-state index contributed by atoms with van der Waals surface area (Å²) in [6.07, 6.45) is 2.19. The number of aryl methyl sites for hydroxylation is 1. The van der Waals surface area contributed by atoms with Gasteiger partial charge >= 0.3 is 0 Å². The molecule has 1 aromatic rings. The summed E-state index contributed by atoms with van der Waals surface area (Å²) in [5.41, 5.74) is 2.75. The van der Waals surface area contributed by atoms with Crippen LogP contribution >= 0.6 is 12.4 Å². The normalized spacial score (nSPS) is 9.88. The maximum atomic E-state index is 4.98. The van der Waals surface area contributed by atoms with Crippen molar-refractivity contribution in [3.8, 4) is 0 Å². The molecule has 0 fully saturated rings. The molecule has 3 heteroatoms. The average molecular weight is 244 g/mol. The van der Waals surface area contributed by atoms with Crippen molar-refractivity contribution in [2.45, 2.75) is 26.3 Å². The highest BCUT2D eigenvalue weighted by atomic mass is 35.5. The van der Waals surface area contributed by atoms with E-state index in [1.54, 1.807) is 7.11 Å². The first kappa shape index (κ1) is 15.4. The van der Waals surface area contributed by atoms with E-state index in [4.69, 9.17) is 4.74 Å².